The number of carbonyl (C=O) groups is 1. The van der Waals surface area contributed by atoms with Gasteiger partial charge in [-0.1, -0.05) is 12.1 Å². The summed E-state index contributed by atoms with van der Waals surface area (Å²) in [6.45, 7) is 0. The van der Waals surface area contributed by atoms with E-state index >= 15 is 0 Å². The first-order valence-electron chi connectivity index (χ1n) is 4.73. The number of rotatable bonds is 2. The number of benzene rings is 1. The summed E-state index contributed by atoms with van der Waals surface area (Å²) in [5, 5.41) is 11.5. The van der Waals surface area contributed by atoms with Crippen molar-refractivity contribution in [2.24, 2.45) is 0 Å². The first-order chi connectivity index (χ1) is 7.61. The summed E-state index contributed by atoms with van der Waals surface area (Å²) in [5.74, 6) is -0.645. The second-order valence-corrected chi connectivity index (χ2v) is 3.58. The molecule has 0 spiro atoms. The van der Waals surface area contributed by atoms with Crippen molar-refractivity contribution < 1.29 is 9.90 Å². The van der Waals surface area contributed by atoms with Crippen molar-refractivity contribution >= 4 is 22.7 Å². The molecule has 5 heteroatoms. The average molecular weight is 216 g/mol. The molecule has 0 atom stereocenters. The zero-order valence-corrected chi connectivity index (χ0v) is 8.97. The number of carboxylic acids is 1. The van der Waals surface area contributed by atoms with Crippen molar-refractivity contribution in [3.05, 3.63) is 30.1 Å². The summed E-state index contributed by atoms with van der Waals surface area (Å²) < 4.78 is 0. The Hall–Kier alpha value is -2.17. The molecule has 0 unspecified atom stereocenters. The lowest BCUT2D eigenvalue weighted by molar-refractivity contribution is -0.254. The van der Waals surface area contributed by atoms with Crippen LogP contribution in [0.3, 0.4) is 0 Å². The highest BCUT2D eigenvalue weighted by Crippen LogP contribution is 2.24. The van der Waals surface area contributed by atoms with Crippen molar-refractivity contribution in [1.82, 2.24) is 9.97 Å². The van der Waals surface area contributed by atoms with Gasteiger partial charge in [-0.25, -0.2) is 9.97 Å². The van der Waals surface area contributed by atoms with Gasteiger partial charge in [0.25, 0.3) is 0 Å². The monoisotopic (exact) mass is 216 g/mol. The molecule has 0 saturated heterocycles. The molecule has 0 saturated carbocycles. The summed E-state index contributed by atoms with van der Waals surface area (Å²) >= 11 is 0. The Bertz CT molecular complexity index is 547. The van der Waals surface area contributed by atoms with E-state index in [0.29, 0.717) is 16.7 Å². The highest BCUT2D eigenvalue weighted by molar-refractivity contribution is 6.06. The van der Waals surface area contributed by atoms with Crippen LogP contribution in [0.1, 0.15) is 10.4 Å². The Morgan fingerprint density at radius 3 is 2.69 bits per heavy atom. The van der Waals surface area contributed by atoms with Gasteiger partial charge in [0.15, 0.2) is 0 Å². The standard InChI is InChI=1S/C11H11N3O2/c1-14(2)10-9-7(11(15)16)4-3-5-8(9)12-6-13-10/h3-6H,1-2H3,(H,15,16)/p-1. The van der Waals surface area contributed by atoms with Crippen molar-refractivity contribution in [3.8, 4) is 0 Å². The summed E-state index contributed by atoms with van der Waals surface area (Å²) in [6, 6.07) is 4.88. The molecule has 16 heavy (non-hydrogen) atoms. The van der Waals surface area contributed by atoms with Crippen LogP contribution in [0.25, 0.3) is 10.9 Å². The molecule has 1 aromatic heterocycles. The van der Waals surface area contributed by atoms with Gasteiger partial charge in [0, 0.05) is 19.7 Å². The van der Waals surface area contributed by atoms with Crippen LogP contribution in [0.2, 0.25) is 0 Å². The molecule has 0 aliphatic carbocycles. The molecule has 0 aliphatic heterocycles. The smallest absolute Gasteiger partial charge is 0.140 e. The zero-order valence-electron chi connectivity index (χ0n) is 8.97. The minimum atomic E-state index is -1.22. The van der Waals surface area contributed by atoms with Crippen LogP contribution in [-0.4, -0.2) is 30.0 Å². The van der Waals surface area contributed by atoms with Crippen LogP contribution in [0.4, 0.5) is 5.82 Å². The largest absolute Gasteiger partial charge is 0.545 e. The second-order valence-electron chi connectivity index (χ2n) is 3.58. The summed E-state index contributed by atoms with van der Waals surface area (Å²) in [7, 11) is 3.60. The number of hydrogen-bond acceptors (Lipinski definition) is 5. The van der Waals surface area contributed by atoms with E-state index in [1.54, 1.807) is 31.1 Å². The number of carbonyl (C=O) groups excluding carboxylic acids is 1. The summed E-state index contributed by atoms with van der Waals surface area (Å²) in [6.07, 6.45) is 1.41. The minimum absolute atomic E-state index is 0.113. The van der Waals surface area contributed by atoms with Gasteiger partial charge in [-0.3, -0.25) is 0 Å². The van der Waals surface area contributed by atoms with Gasteiger partial charge in [0.2, 0.25) is 0 Å². The third kappa shape index (κ3) is 1.56. The normalized spacial score (nSPS) is 10.4. The Labute approximate surface area is 92.4 Å². The molecule has 1 aromatic carbocycles. The summed E-state index contributed by atoms with van der Waals surface area (Å²) in [4.78, 5) is 20.9. The fraction of sp³-hybridized carbons (Fsp3) is 0.182. The Morgan fingerprint density at radius 2 is 2.06 bits per heavy atom. The number of aromatic carboxylic acids is 1. The van der Waals surface area contributed by atoms with Crippen LogP contribution in [0.5, 0.6) is 0 Å². The highest BCUT2D eigenvalue weighted by atomic mass is 16.4. The Morgan fingerprint density at radius 1 is 1.31 bits per heavy atom. The van der Waals surface area contributed by atoms with Crippen LogP contribution < -0.4 is 10.0 Å². The SMILES string of the molecule is CN(C)c1ncnc2cccc(C(=O)[O-])c12. The van der Waals surface area contributed by atoms with Gasteiger partial charge in [0.1, 0.15) is 12.1 Å². The molecule has 0 aliphatic rings. The fourth-order valence-electron chi connectivity index (χ4n) is 1.60. The number of nitrogens with zero attached hydrogens (tertiary/aromatic N) is 3. The van der Waals surface area contributed by atoms with E-state index in [-0.39, 0.29) is 5.56 Å². The third-order valence-corrected chi connectivity index (χ3v) is 2.29. The molecule has 0 radical (unpaired) electrons. The maximum absolute atomic E-state index is 11.0. The third-order valence-electron chi connectivity index (χ3n) is 2.29. The van der Waals surface area contributed by atoms with Gasteiger partial charge in [-0.2, -0.15) is 0 Å². The first-order valence-corrected chi connectivity index (χ1v) is 4.73. The lowest BCUT2D eigenvalue weighted by Crippen LogP contribution is -2.23. The molecule has 2 rings (SSSR count). The van der Waals surface area contributed by atoms with Gasteiger partial charge in [0.05, 0.1) is 16.9 Å². The molecule has 1 heterocycles. The number of carboxylic acid groups (broad SMARTS) is 1. The maximum Gasteiger partial charge on any atom is 0.140 e. The number of aromatic nitrogens is 2. The van der Waals surface area contributed by atoms with E-state index in [2.05, 4.69) is 9.97 Å². The lowest BCUT2D eigenvalue weighted by Gasteiger charge is -2.16. The molecule has 0 fully saturated rings. The van der Waals surface area contributed by atoms with E-state index < -0.39 is 5.97 Å². The van der Waals surface area contributed by atoms with Crippen molar-refractivity contribution in [3.63, 3.8) is 0 Å². The molecule has 5 nitrogen and oxygen atoms in total. The van der Waals surface area contributed by atoms with Gasteiger partial charge >= 0.3 is 0 Å². The molecule has 82 valence electrons. The number of hydrogen-bond donors (Lipinski definition) is 0. The average Bonchev–Trinajstić information content (AvgIpc) is 2.27. The van der Waals surface area contributed by atoms with Gasteiger partial charge in [-0.15, -0.1) is 0 Å². The van der Waals surface area contributed by atoms with Gasteiger partial charge < -0.3 is 14.8 Å². The van der Waals surface area contributed by atoms with E-state index in [1.165, 1.54) is 12.4 Å². The molecular formula is C11H10N3O2-. The van der Waals surface area contributed by atoms with E-state index in [4.69, 9.17) is 0 Å². The maximum atomic E-state index is 11.0. The first kappa shape index (κ1) is 10.4. The number of fused-ring (bicyclic) bond motifs is 1. The predicted octanol–water partition coefficient (Wildman–Crippen LogP) is 0.0593. The van der Waals surface area contributed by atoms with Crippen molar-refractivity contribution in [2.45, 2.75) is 0 Å². The minimum Gasteiger partial charge on any atom is -0.545 e. The predicted molar refractivity (Wildman–Crippen MR) is 58.2 cm³/mol. The topological polar surface area (TPSA) is 69.2 Å². The fourth-order valence-corrected chi connectivity index (χ4v) is 1.60. The van der Waals surface area contributed by atoms with E-state index in [9.17, 15) is 9.90 Å². The van der Waals surface area contributed by atoms with E-state index in [0.717, 1.165) is 0 Å². The molecular weight excluding hydrogens is 206 g/mol. The van der Waals surface area contributed by atoms with Crippen LogP contribution in [0, 0.1) is 0 Å². The number of anilines is 1. The van der Waals surface area contributed by atoms with Crippen molar-refractivity contribution in [1.29, 1.82) is 0 Å². The zero-order chi connectivity index (χ0) is 11.7. The van der Waals surface area contributed by atoms with Crippen LogP contribution in [0.15, 0.2) is 24.5 Å². The lowest BCUT2D eigenvalue weighted by atomic mass is 10.1. The molecule has 2 aromatic rings. The summed E-state index contributed by atoms with van der Waals surface area (Å²) in [5.41, 5.74) is 0.710. The van der Waals surface area contributed by atoms with Crippen LogP contribution >= 0.6 is 0 Å². The van der Waals surface area contributed by atoms with E-state index in [1.807, 2.05) is 0 Å². The van der Waals surface area contributed by atoms with Gasteiger partial charge in [-0.05, 0) is 6.07 Å². The molecule has 0 amide bonds. The quantitative estimate of drug-likeness (QED) is 0.710. The Kier molecular flexibility index (Phi) is 2.44. The molecule has 0 bridgehead atoms. The highest BCUT2D eigenvalue weighted by Gasteiger charge is 2.10. The van der Waals surface area contributed by atoms with Crippen molar-refractivity contribution in [2.75, 3.05) is 19.0 Å². The Balaban J connectivity index is 2.87. The van der Waals surface area contributed by atoms with Crippen LogP contribution in [-0.2, 0) is 0 Å². The molecule has 0 N–H and O–H groups in total. The second kappa shape index (κ2) is 3.77.